The zero-order valence-corrected chi connectivity index (χ0v) is 27.3. The van der Waals surface area contributed by atoms with E-state index in [9.17, 15) is 19.1 Å². The number of nitrogens with zero attached hydrogens (tertiary/aromatic N) is 2. The average Bonchev–Trinajstić information content (AvgIpc) is 3.88. The van der Waals surface area contributed by atoms with Gasteiger partial charge < -0.3 is 25.4 Å². The second kappa shape index (κ2) is 15.3. The number of aromatic nitrogens is 1. The minimum absolute atomic E-state index is 0.0829. The maximum absolute atomic E-state index is 14.1. The molecule has 0 saturated carbocycles. The van der Waals surface area contributed by atoms with E-state index >= 15 is 0 Å². The standard InChI is InChI=1S/C37H41FN4O4S/c1-24-23-47-36(40-24)33-13-8-14-42(33)37(45)29-16-27(20-38)15-28(18-29)35(44)41-32(17-25-9-4-2-5-10-25)34(43)31-19-30(21-39-31)46-22-26-11-6-3-7-12-26/h2-7,9-12,15-16,18,23,30-34,39,43H,8,13-14,17,19-22H2,1H3,(H,41,44)/t30-,31-,32?,33-,34-/m1/s1. The van der Waals surface area contributed by atoms with Crippen LogP contribution in [-0.4, -0.2) is 64.2 Å². The summed E-state index contributed by atoms with van der Waals surface area (Å²) in [5, 5.41) is 20.9. The topological polar surface area (TPSA) is 104 Å². The third-order valence-corrected chi connectivity index (χ3v) is 10.0. The first kappa shape index (κ1) is 33.0. The molecule has 3 N–H and O–H groups in total. The highest BCUT2D eigenvalue weighted by molar-refractivity contribution is 7.09. The number of carbonyl (C=O) groups excluding carboxylic acids is 2. The van der Waals surface area contributed by atoms with Crippen LogP contribution in [0.4, 0.5) is 4.39 Å². The number of benzene rings is 3. The fourth-order valence-corrected chi connectivity index (χ4v) is 7.49. The Bertz CT molecular complexity index is 1650. The summed E-state index contributed by atoms with van der Waals surface area (Å²) >= 11 is 1.54. The van der Waals surface area contributed by atoms with Crippen LogP contribution >= 0.6 is 11.3 Å². The molecule has 5 atom stereocenters. The molecule has 0 aliphatic carbocycles. The van der Waals surface area contributed by atoms with Crippen molar-refractivity contribution >= 4 is 23.2 Å². The lowest BCUT2D eigenvalue weighted by Gasteiger charge is -2.29. The smallest absolute Gasteiger partial charge is 0.254 e. The number of halogens is 1. The zero-order valence-electron chi connectivity index (χ0n) is 26.5. The third-order valence-electron chi connectivity index (χ3n) is 8.98. The maximum atomic E-state index is 14.1. The summed E-state index contributed by atoms with van der Waals surface area (Å²) < 4.78 is 20.2. The van der Waals surface area contributed by atoms with Crippen molar-refractivity contribution in [1.29, 1.82) is 0 Å². The predicted molar refractivity (Wildman–Crippen MR) is 180 cm³/mol. The molecule has 0 bridgehead atoms. The number of likely N-dealkylation sites (tertiary alicyclic amines) is 1. The Morgan fingerprint density at radius 3 is 2.49 bits per heavy atom. The summed E-state index contributed by atoms with van der Waals surface area (Å²) in [6.07, 6.45) is 1.61. The van der Waals surface area contributed by atoms with E-state index in [-0.39, 0.29) is 40.8 Å². The quantitative estimate of drug-likeness (QED) is 0.185. The SMILES string of the molecule is Cc1csc([C@H]2CCCN2C(=O)c2cc(CF)cc(C(=O)NC(Cc3ccccc3)[C@H](O)[C@H]3C[C@@H](OCc4ccccc4)CN3)c2)n1. The molecule has 1 aromatic heterocycles. The van der Waals surface area contributed by atoms with Gasteiger partial charge >= 0.3 is 0 Å². The lowest BCUT2D eigenvalue weighted by molar-refractivity contribution is 0.0419. The second-order valence-corrected chi connectivity index (χ2v) is 13.4. The Balaban J connectivity index is 1.18. The molecule has 3 heterocycles. The van der Waals surface area contributed by atoms with E-state index in [0.717, 1.165) is 34.7 Å². The number of alkyl halides is 1. The molecule has 2 aliphatic rings. The summed E-state index contributed by atoms with van der Waals surface area (Å²) in [4.78, 5) is 34.0. The summed E-state index contributed by atoms with van der Waals surface area (Å²) in [5.74, 6) is -0.722. The molecular formula is C37H41FN4O4S. The molecule has 2 aliphatic heterocycles. The van der Waals surface area contributed by atoms with Crippen LogP contribution in [-0.2, 0) is 24.4 Å². The molecule has 0 radical (unpaired) electrons. The first-order chi connectivity index (χ1) is 22.9. The maximum Gasteiger partial charge on any atom is 0.254 e. The van der Waals surface area contributed by atoms with Gasteiger partial charge in [-0.1, -0.05) is 60.7 Å². The summed E-state index contributed by atoms with van der Waals surface area (Å²) in [5.41, 5.74) is 3.64. The Hall–Kier alpha value is -3.96. The summed E-state index contributed by atoms with van der Waals surface area (Å²) in [7, 11) is 0. The van der Waals surface area contributed by atoms with Crippen molar-refractivity contribution in [2.24, 2.45) is 0 Å². The van der Waals surface area contributed by atoms with Crippen molar-refractivity contribution in [3.05, 3.63) is 123 Å². The molecule has 8 nitrogen and oxygen atoms in total. The zero-order chi connectivity index (χ0) is 32.8. The van der Waals surface area contributed by atoms with Crippen LogP contribution in [0.25, 0.3) is 0 Å². The number of rotatable bonds is 12. The van der Waals surface area contributed by atoms with E-state index < -0.39 is 24.7 Å². The highest BCUT2D eigenvalue weighted by atomic mass is 32.1. The largest absolute Gasteiger partial charge is 0.389 e. The molecule has 4 aromatic rings. The second-order valence-electron chi connectivity index (χ2n) is 12.5. The number of aryl methyl sites for hydroxylation is 1. The van der Waals surface area contributed by atoms with Gasteiger partial charge in [0.2, 0.25) is 0 Å². The van der Waals surface area contributed by atoms with Crippen LogP contribution in [0, 0.1) is 6.92 Å². The fraction of sp³-hybridized carbons (Fsp3) is 0.378. The number of amides is 2. The first-order valence-corrected chi connectivity index (χ1v) is 17.1. The molecule has 47 heavy (non-hydrogen) atoms. The fourth-order valence-electron chi connectivity index (χ4n) is 6.55. The van der Waals surface area contributed by atoms with E-state index in [1.807, 2.05) is 73.0 Å². The molecule has 6 rings (SSSR count). The van der Waals surface area contributed by atoms with Gasteiger partial charge in [-0.05, 0) is 67.5 Å². The van der Waals surface area contributed by atoms with E-state index in [0.29, 0.717) is 32.5 Å². The first-order valence-electron chi connectivity index (χ1n) is 16.2. The van der Waals surface area contributed by atoms with E-state index in [1.54, 1.807) is 4.90 Å². The summed E-state index contributed by atoms with van der Waals surface area (Å²) in [6.45, 7) is 2.75. The number of aliphatic hydroxyl groups is 1. The van der Waals surface area contributed by atoms with Crippen molar-refractivity contribution in [1.82, 2.24) is 20.5 Å². The van der Waals surface area contributed by atoms with Gasteiger partial charge in [0.1, 0.15) is 11.7 Å². The molecule has 3 aromatic carbocycles. The van der Waals surface area contributed by atoms with E-state index in [4.69, 9.17) is 4.74 Å². The Kier molecular flexibility index (Phi) is 10.7. The molecule has 0 spiro atoms. The van der Waals surface area contributed by atoms with Crippen LogP contribution in [0.3, 0.4) is 0 Å². The van der Waals surface area contributed by atoms with Crippen molar-refractivity contribution in [3.8, 4) is 0 Å². The summed E-state index contributed by atoms with van der Waals surface area (Å²) in [6, 6.07) is 23.1. The van der Waals surface area contributed by atoms with E-state index in [1.165, 1.54) is 29.5 Å². The van der Waals surface area contributed by atoms with Crippen LogP contribution in [0.2, 0.25) is 0 Å². The molecule has 246 valence electrons. The van der Waals surface area contributed by atoms with Gasteiger partial charge in [-0.2, -0.15) is 0 Å². The van der Waals surface area contributed by atoms with Crippen LogP contribution in [0.5, 0.6) is 0 Å². The molecule has 10 heteroatoms. The number of aliphatic hydroxyl groups excluding tert-OH is 1. The number of thiazole rings is 1. The lowest BCUT2D eigenvalue weighted by Crippen LogP contribution is -2.52. The van der Waals surface area contributed by atoms with Gasteiger partial charge in [-0.3, -0.25) is 9.59 Å². The predicted octanol–water partition coefficient (Wildman–Crippen LogP) is 5.55. The van der Waals surface area contributed by atoms with Gasteiger partial charge in [0, 0.05) is 41.3 Å². The van der Waals surface area contributed by atoms with E-state index in [2.05, 4.69) is 15.6 Å². The van der Waals surface area contributed by atoms with Gasteiger partial charge in [0.05, 0.1) is 30.9 Å². The molecule has 2 fully saturated rings. The number of ether oxygens (including phenoxy) is 1. The molecule has 1 unspecified atom stereocenters. The molecule has 2 amide bonds. The number of hydrogen-bond acceptors (Lipinski definition) is 7. The average molecular weight is 657 g/mol. The monoisotopic (exact) mass is 656 g/mol. The normalized spacial score (nSPS) is 20.7. The minimum atomic E-state index is -0.929. The lowest BCUT2D eigenvalue weighted by atomic mass is 9.94. The van der Waals surface area contributed by atoms with Crippen LogP contribution in [0.1, 0.15) is 73.4 Å². The van der Waals surface area contributed by atoms with Gasteiger partial charge in [0.15, 0.2) is 0 Å². The van der Waals surface area contributed by atoms with Crippen molar-refractivity contribution in [2.75, 3.05) is 13.1 Å². The highest BCUT2D eigenvalue weighted by Crippen LogP contribution is 2.35. The van der Waals surface area contributed by atoms with Gasteiger partial charge in [-0.25, -0.2) is 9.37 Å². The number of hydrogen-bond donors (Lipinski definition) is 3. The van der Waals surface area contributed by atoms with Crippen LogP contribution < -0.4 is 10.6 Å². The number of nitrogens with one attached hydrogen (secondary N) is 2. The van der Waals surface area contributed by atoms with Gasteiger partial charge in [-0.15, -0.1) is 11.3 Å². The van der Waals surface area contributed by atoms with Gasteiger partial charge in [0.25, 0.3) is 11.8 Å². The van der Waals surface area contributed by atoms with Crippen LogP contribution in [0.15, 0.2) is 84.2 Å². The van der Waals surface area contributed by atoms with Crippen molar-refractivity contribution in [2.45, 2.75) is 76.2 Å². The Morgan fingerprint density at radius 1 is 1.06 bits per heavy atom. The van der Waals surface area contributed by atoms with Crippen molar-refractivity contribution < 1.29 is 23.8 Å². The molecule has 2 saturated heterocycles. The minimum Gasteiger partial charge on any atom is -0.389 e. The third kappa shape index (κ3) is 8.13. The Labute approximate surface area is 279 Å². The Morgan fingerprint density at radius 2 is 1.79 bits per heavy atom. The molecular weight excluding hydrogens is 615 g/mol. The number of carbonyl (C=O) groups is 2. The highest BCUT2D eigenvalue weighted by Gasteiger charge is 2.36. The van der Waals surface area contributed by atoms with Crippen molar-refractivity contribution in [3.63, 3.8) is 0 Å².